The average Bonchev–Trinajstić information content (AvgIpc) is 2.19. The van der Waals surface area contributed by atoms with Gasteiger partial charge in [0, 0.05) is 0 Å². The smallest absolute Gasteiger partial charge is 0.450 e. The third-order valence-electron chi connectivity index (χ3n) is 1.58. The summed E-state index contributed by atoms with van der Waals surface area (Å²) in [6, 6.07) is -0.0264. The summed E-state index contributed by atoms with van der Waals surface area (Å²) in [5.74, 6) is -8.27. The highest BCUT2D eigenvalue weighted by molar-refractivity contribution is 5.57. The fraction of sp³-hybridized carbons (Fsp3) is 0.125. The Morgan fingerprint density at radius 1 is 1.19 bits per heavy atom. The number of hydrogen-bond donors (Lipinski definition) is 1. The molecule has 0 saturated heterocycles. The zero-order chi connectivity index (χ0) is 12.5. The molecule has 0 aliphatic rings. The van der Waals surface area contributed by atoms with Crippen LogP contribution in [-0.4, -0.2) is 11.3 Å². The molecule has 1 atom stereocenters. The standard InChI is InChI=1S/C8H3F5O3/c9-3-1-2(7(13)16-8(14)15)4(10)6(12)5(3)11/h1,7H,(H,14,15). The van der Waals surface area contributed by atoms with E-state index in [0.29, 0.717) is 0 Å². The SMILES string of the molecule is O=C(O)OC(F)c1cc(F)c(F)c(F)c1F. The van der Waals surface area contributed by atoms with E-state index in [2.05, 4.69) is 4.74 Å². The Balaban J connectivity index is 3.19. The number of hydrogen-bond acceptors (Lipinski definition) is 2. The van der Waals surface area contributed by atoms with Gasteiger partial charge in [0.05, 0.1) is 5.56 Å². The van der Waals surface area contributed by atoms with Gasteiger partial charge in [-0.15, -0.1) is 0 Å². The van der Waals surface area contributed by atoms with E-state index >= 15 is 0 Å². The molecule has 0 heterocycles. The summed E-state index contributed by atoms with van der Waals surface area (Å²) in [4.78, 5) is 9.88. The quantitative estimate of drug-likeness (QED) is 0.375. The van der Waals surface area contributed by atoms with Gasteiger partial charge in [0.1, 0.15) is 0 Å². The monoisotopic (exact) mass is 242 g/mol. The summed E-state index contributed by atoms with van der Waals surface area (Å²) >= 11 is 0. The van der Waals surface area contributed by atoms with Crippen LogP contribution < -0.4 is 0 Å². The Morgan fingerprint density at radius 3 is 2.25 bits per heavy atom. The van der Waals surface area contributed by atoms with E-state index in [1.54, 1.807) is 0 Å². The van der Waals surface area contributed by atoms with Crippen molar-refractivity contribution in [3.63, 3.8) is 0 Å². The minimum absolute atomic E-state index is 0.0264. The molecule has 3 nitrogen and oxygen atoms in total. The van der Waals surface area contributed by atoms with Gasteiger partial charge >= 0.3 is 6.16 Å². The Kier molecular flexibility index (Phi) is 3.31. The van der Waals surface area contributed by atoms with Crippen LogP contribution in [0.25, 0.3) is 0 Å². The van der Waals surface area contributed by atoms with Gasteiger partial charge in [0.25, 0.3) is 6.36 Å². The molecule has 0 aliphatic carbocycles. The summed E-state index contributed by atoms with van der Waals surface area (Å²) in [5, 5.41) is 7.98. The molecule has 1 unspecified atom stereocenters. The van der Waals surface area contributed by atoms with Crippen molar-refractivity contribution in [2.24, 2.45) is 0 Å². The Hall–Kier alpha value is -1.86. The maximum absolute atomic E-state index is 12.8. The first-order valence-corrected chi connectivity index (χ1v) is 3.71. The number of halogens is 5. The molecule has 1 rings (SSSR count). The van der Waals surface area contributed by atoms with Crippen LogP contribution in [0.5, 0.6) is 0 Å². The number of rotatable bonds is 2. The molecule has 0 amide bonds. The first-order chi connectivity index (χ1) is 7.34. The predicted molar refractivity (Wildman–Crippen MR) is 39.2 cm³/mol. The topological polar surface area (TPSA) is 46.5 Å². The van der Waals surface area contributed by atoms with Crippen molar-refractivity contribution in [2.45, 2.75) is 6.36 Å². The van der Waals surface area contributed by atoms with Crippen LogP contribution in [0.15, 0.2) is 6.07 Å². The fourth-order valence-electron chi connectivity index (χ4n) is 0.908. The van der Waals surface area contributed by atoms with Crippen LogP contribution >= 0.6 is 0 Å². The largest absolute Gasteiger partial charge is 0.508 e. The molecule has 88 valence electrons. The lowest BCUT2D eigenvalue weighted by Crippen LogP contribution is -2.09. The van der Waals surface area contributed by atoms with E-state index in [4.69, 9.17) is 5.11 Å². The Labute approximate surface area is 85.1 Å². The number of carboxylic acid groups (broad SMARTS) is 1. The normalized spacial score (nSPS) is 12.3. The molecular formula is C8H3F5O3. The number of carbonyl (C=O) groups is 1. The Bertz CT molecular complexity index is 434. The number of ether oxygens (including phenoxy) is 1. The van der Waals surface area contributed by atoms with E-state index in [0.717, 1.165) is 0 Å². The molecule has 0 radical (unpaired) electrons. The molecule has 0 aliphatic heterocycles. The second kappa shape index (κ2) is 4.33. The molecule has 0 fully saturated rings. The molecule has 0 bridgehead atoms. The zero-order valence-corrected chi connectivity index (χ0v) is 7.31. The van der Waals surface area contributed by atoms with Gasteiger partial charge in [-0.05, 0) is 6.07 Å². The van der Waals surface area contributed by atoms with Crippen LogP contribution in [-0.2, 0) is 4.74 Å². The lowest BCUT2D eigenvalue weighted by atomic mass is 10.2. The highest BCUT2D eigenvalue weighted by Crippen LogP contribution is 2.26. The number of alkyl halides is 1. The molecule has 1 aromatic rings. The molecule has 0 saturated carbocycles. The summed E-state index contributed by atoms with van der Waals surface area (Å²) < 4.78 is 66.7. The maximum atomic E-state index is 12.8. The Morgan fingerprint density at radius 2 is 1.75 bits per heavy atom. The third kappa shape index (κ3) is 2.20. The zero-order valence-electron chi connectivity index (χ0n) is 7.31. The summed E-state index contributed by atoms with van der Waals surface area (Å²) in [7, 11) is 0. The van der Waals surface area contributed by atoms with E-state index in [1.807, 2.05) is 0 Å². The first-order valence-electron chi connectivity index (χ1n) is 3.71. The molecule has 16 heavy (non-hydrogen) atoms. The van der Waals surface area contributed by atoms with Gasteiger partial charge < -0.3 is 9.84 Å². The highest BCUT2D eigenvalue weighted by Gasteiger charge is 2.26. The van der Waals surface area contributed by atoms with E-state index < -0.39 is 41.3 Å². The molecule has 1 N–H and O–H groups in total. The lowest BCUT2D eigenvalue weighted by molar-refractivity contribution is -0.0188. The summed E-state index contributed by atoms with van der Waals surface area (Å²) in [6.07, 6.45) is -5.06. The van der Waals surface area contributed by atoms with Crippen LogP contribution in [0.1, 0.15) is 11.9 Å². The highest BCUT2D eigenvalue weighted by atomic mass is 19.2. The molecule has 8 heteroatoms. The third-order valence-corrected chi connectivity index (χ3v) is 1.58. The van der Waals surface area contributed by atoms with Crippen molar-refractivity contribution >= 4 is 6.16 Å². The van der Waals surface area contributed by atoms with Crippen molar-refractivity contribution in [1.82, 2.24) is 0 Å². The number of benzene rings is 1. The minimum Gasteiger partial charge on any atom is -0.450 e. The van der Waals surface area contributed by atoms with Gasteiger partial charge in [-0.2, -0.15) is 4.39 Å². The lowest BCUT2D eigenvalue weighted by Gasteiger charge is -2.09. The fourth-order valence-corrected chi connectivity index (χ4v) is 0.908. The van der Waals surface area contributed by atoms with Crippen LogP contribution in [0, 0.1) is 23.3 Å². The molecular weight excluding hydrogens is 239 g/mol. The van der Waals surface area contributed by atoms with Crippen LogP contribution in [0.4, 0.5) is 26.7 Å². The van der Waals surface area contributed by atoms with Crippen LogP contribution in [0.3, 0.4) is 0 Å². The molecule has 0 spiro atoms. The second-order valence-electron chi connectivity index (χ2n) is 2.59. The van der Waals surface area contributed by atoms with Crippen molar-refractivity contribution in [1.29, 1.82) is 0 Å². The second-order valence-corrected chi connectivity index (χ2v) is 2.59. The van der Waals surface area contributed by atoms with E-state index in [1.165, 1.54) is 0 Å². The van der Waals surface area contributed by atoms with Crippen molar-refractivity contribution in [2.75, 3.05) is 0 Å². The van der Waals surface area contributed by atoms with E-state index in [9.17, 15) is 26.7 Å². The van der Waals surface area contributed by atoms with Crippen molar-refractivity contribution in [3.8, 4) is 0 Å². The molecule has 1 aromatic carbocycles. The van der Waals surface area contributed by atoms with Crippen LogP contribution in [0.2, 0.25) is 0 Å². The minimum atomic E-state index is -2.94. The maximum Gasteiger partial charge on any atom is 0.508 e. The van der Waals surface area contributed by atoms with E-state index in [-0.39, 0.29) is 6.07 Å². The van der Waals surface area contributed by atoms with Gasteiger partial charge in [-0.1, -0.05) is 0 Å². The summed E-state index contributed by atoms with van der Waals surface area (Å²) in [5.41, 5.74) is -1.38. The van der Waals surface area contributed by atoms with Gasteiger partial charge in [0.15, 0.2) is 23.3 Å². The summed E-state index contributed by atoms with van der Waals surface area (Å²) in [6.45, 7) is 0. The van der Waals surface area contributed by atoms with Crippen molar-refractivity contribution in [3.05, 3.63) is 34.9 Å². The van der Waals surface area contributed by atoms with Crippen molar-refractivity contribution < 1.29 is 36.6 Å². The van der Waals surface area contributed by atoms with Gasteiger partial charge in [-0.25, -0.2) is 22.4 Å². The van der Waals surface area contributed by atoms with Gasteiger partial charge in [-0.3, -0.25) is 0 Å². The predicted octanol–water partition coefficient (Wildman–Crippen LogP) is 2.91. The average molecular weight is 242 g/mol. The molecule has 0 aromatic heterocycles. The first kappa shape index (κ1) is 12.2. The van der Waals surface area contributed by atoms with Gasteiger partial charge in [0.2, 0.25) is 0 Å².